The Kier molecular flexibility index (Phi) is 2.86. The van der Waals surface area contributed by atoms with E-state index in [1.54, 1.807) is 6.07 Å². The van der Waals surface area contributed by atoms with Crippen molar-refractivity contribution in [2.24, 2.45) is 5.92 Å². The second kappa shape index (κ2) is 4.16. The van der Waals surface area contributed by atoms with Crippen LogP contribution in [-0.4, -0.2) is 17.1 Å². The lowest BCUT2D eigenvalue weighted by atomic mass is 10.1. The van der Waals surface area contributed by atoms with Crippen LogP contribution in [-0.2, 0) is 0 Å². The van der Waals surface area contributed by atoms with Crippen molar-refractivity contribution in [3.63, 3.8) is 0 Å². The Bertz CT molecular complexity index is 410. The zero-order valence-electron chi connectivity index (χ0n) is 9.66. The molecular weight excluding hydrogens is 202 g/mol. The van der Waals surface area contributed by atoms with Gasteiger partial charge in [-0.3, -0.25) is 0 Å². The van der Waals surface area contributed by atoms with Gasteiger partial charge in [-0.15, -0.1) is 0 Å². The highest BCUT2D eigenvalue weighted by atomic mass is 16.4. The van der Waals surface area contributed by atoms with Gasteiger partial charge in [0.1, 0.15) is 0 Å². The first-order valence-electron chi connectivity index (χ1n) is 5.68. The summed E-state index contributed by atoms with van der Waals surface area (Å²) in [5.74, 6) is -0.0706. The van der Waals surface area contributed by atoms with E-state index < -0.39 is 5.97 Å². The molecule has 0 aromatic heterocycles. The molecule has 0 spiro atoms. The van der Waals surface area contributed by atoms with Gasteiger partial charge in [-0.1, -0.05) is 0 Å². The number of carbonyl (C=O) groups is 1. The van der Waals surface area contributed by atoms with E-state index >= 15 is 0 Å². The van der Waals surface area contributed by atoms with Crippen LogP contribution < -0.4 is 5.32 Å². The van der Waals surface area contributed by atoms with Gasteiger partial charge in [-0.2, -0.15) is 0 Å². The molecule has 3 heteroatoms. The molecule has 2 N–H and O–H groups in total. The van der Waals surface area contributed by atoms with Gasteiger partial charge in [-0.25, -0.2) is 4.79 Å². The minimum atomic E-state index is -0.862. The van der Waals surface area contributed by atoms with E-state index in [1.165, 1.54) is 12.8 Å². The average molecular weight is 219 g/mol. The van der Waals surface area contributed by atoms with Crippen LogP contribution in [0.15, 0.2) is 18.2 Å². The first-order valence-corrected chi connectivity index (χ1v) is 5.68. The van der Waals surface area contributed by atoms with Gasteiger partial charge in [0.25, 0.3) is 0 Å². The van der Waals surface area contributed by atoms with Crippen molar-refractivity contribution in [3.05, 3.63) is 29.3 Å². The Hall–Kier alpha value is -1.51. The van der Waals surface area contributed by atoms with Crippen LogP contribution in [0.2, 0.25) is 0 Å². The zero-order valence-corrected chi connectivity index (χ0v) is 9.66. The zero-order chi connectivity index (χ0) is 11.7. The number of benzene rings is 1. The third-order valence-electron chi connectivity index (χ3n) is 3.18. The van der Waals surface area contributed by atoms with Crippen LogP contribution in [0.3, 0.4) is 0 Å². The Balaban J connectivity index is 2.10. The van der Waals surface area contributed by atoms with E-state index in [-0.39, 0.29) is 0 Å². The molecule has 1 aromatic rings. The molecule has 0 heterocycles. The number of hydrogen-bond acceptors (Lipinski definition) is 2. The highest BCUT2D eigenvalue weighted by molar-refractivity contribution is 5.89. The summed E-state index contributed by atoms with van der Waals surface area (Å²) in [6.07, 6.45) is 2.61. The van der Waals surface area contributed by atoms with Crippen LogP contribution in [0.25, 0.3) is 0 Å². The van der Waals surface area contributed by atoms with Gasteiger partial charge >= 0.3 is 5.97 Å². The van der Waals surface area contributed by atoms with Crippen molar-refractivity contribution in [1.82, 2.24) is 0 Å². The molecule has 2 rings (SSSR count). The predicted molar refractivity (Wildman–Crippen MR) is 63.9 cm³/mol. The fraction of sp³-hybridized carbons (Fsp3) is 0.462. The first kappa shape index (κ1) is 11.0. The predicted octanol–water partition coefficient (Wildman–Crippen LogP) is 2.90. The van der Waals surface area contributed by atoms with Crippen molar-refractivity contribution in [3.8, 4) is 0 Å². The normalized spacial score (nSPS) is 16.9. The maximum Gasteiger partial charge on any atom is 0.335 e. The molecule has 0 bridgehead atoms. The smallest absolute Gasteiger partial charge is 0.335 e. The summed E-state index contributed by atoms with van der Waals surface area (Å²) >= 11 is 0. The number of hydrogen-bond donors (Lipinski definition) is 2. The number of rotatable bonds is 4. The van der Waals surface area contributed by atoms with Crippen molar-refractivity contribution in [2.45, 2.75) is 32.7 Å². The molecule has 1 saturated carbocycles. The van der Waals surface area contributed by atoms with Crippen LogP contribution in [0, 0.1) is 12.8 Å². The number of aryl methyl sites for hydroxylation is 1. The van der Waals surface area contributed by atoms with Crippen molar-refractivity contribution >= 4 is 11.7 Å². The molecule has 0 amide bonds. The Morgan fingerprint density at radius 2 is 2.19 bits per heavy atom. The summed E-state index contributed by atoms with van der Waals surface area (Å²) < 4.78 is 0. The maximum absolute atomic E-state index is 10.9. The maximum atomic E-state index is 10.9. The van der Waals surface area contributed by atoms with Crippen LogP contribution in [0.4, 0.5) is 5.69 Å². The lowest BCUT2D eigenvalue weighted by Gasteiger charge is -2.15. The van der Waals surface area contributed by atoms with E-state index in [1.807, 2.05) is 19.1 Å². The molecule has 86 valence electrons. The van der Waals surface area contributed by atoms with Crippen LogP contribution in [0.5, 0.6) is 0 Å². The van der Waals surface area contributed by atoms with Crippen LogP contribution in [0.1, 0.15) is 35.7 Å². The second-order valence-electron chi connectivity index (χ2n) is 4.61. The number of aromatic carboxylic acids is 1. The highest BCUT2D eigenvalue weighted by Crippen LogP contribution is 2.34. The molecule has 1 atom stereocenters. The summed E-state index contributed by atoms with van der Waals surface area (Å²) in [6, 6.07) is 5.90. The minimum Gasteiger partial charge on any atom is -0.478 e. The number of carboxylic acid groups (broad SMARTS) is 1. The van der Waals surface area contributed by atoms with E-state index in [0.717, 1.165) is 17.2 Å². The summed E-state index contributed by atoms with van der Waals surface area (Å²) in [5, 5.41) is 12.3. The van der Waals surface area contributed by atoms with E-state index in [9.17, 15) is 4.79 Å². The molecule has 0 saturated heterocycles. The Labute approximate surface area is 95.5 Å². The van der Waals surface area contributed by atoms with Gasteiger partial charge in [0.05, 0.1) is 5.56 Å². The molecular formula is C13H17NO2. The molecule has 3 nitrogen and oxygen atoms in total. The lowest BCUT2D eigenvalue weighted by Crippen LogP contribution is -2.17. The first-order chi connectivity index (χ1) is 7.58. The summed E-state index contributed by atoms with van der Waals surface area (Å²) in [6.45, 7) is 4.01. The SMILES string of the molecule is Cc1cc(NC(C)C2CC2)ccc1C(=O)O. The quantitative estimate of drug-likeness (QED) is 0.818. The van der Waals surface area contributed by atoms with Gasteiger partial charge in [0.2, 0.25) is 0 Å². The molecule has 1 aromatic carbocycles. The van der Waals surface area contributed by atoms with Crippen molar-refractivity contribution < 1.29 is 9.90 Å². The molecule has 1 aliphatic carbocycles. The van der Waals surface area contributed by atoms with Gasteiger partial charge < -0.3 is 10.4 Å². The molecule has 1 aliphatic rings. The standard InChI is InChI=1S/C13H17NO2/c1-8-7-11(5-6-12(8)13(15)16)14-9(2)10-3-4-10/h5-7,9-10,14H,3-4H2,1-2H3,(H,15,16). The Morgan fingerprint density at radius 1 is 1.50 bits per heavy atom. The third kappa shape index (κ3) is 2.35. The fourth-order valence-corrected chi connectivity index (χ4v) is 1.97. The van der Waals surface area contributed by atoms with E-state index in [2.05, 4.69) is 12.2 Å². The molecule has 1 unspecified atom stereocenters. The molecule has 16 heavy (non-hydrogen) atoms. The third-order valence-corrected chi connectivity index (χ3v) is 3.18. The van der Waals surface area contributed by atoms with Crippen molar-refractivity contribution in [2.75, 3.05) is 5.32 Å². The topological polar surface area (TPSA) is 49.3 Å². The number of carboxylic acids is 1. The largest absolute Gasteiger partial charge is 0.478 e. The molecule has 1 fully saturated rings. The summed E-state index contributed by atoms with van der Waals surface area (Å²) in [7, 11) is 0. The second-order valence-corrected chi connectivity index (χ2v) is 4.61. The number of nitrogens with one attached hydrogen (secondary N) is 1. The van der Waals surface area contributed by atoms with Crippen molar-refractivity contribution in [1.29, 1.82) is 0 Å². The average Bonchev–Trinajstić information content (AvgIpc) is 2.99. The Morgan fingerprint density at radius 3 is 2.69 bits per heavy atom. The van der Waals surface area contributed by atoms with E-state index in [4.69, 9.17) is 5.11 Å². The highest BCUT2D eigenvalue weighted by Gasteiger charge is 2.27. The monoisotopic (exact) mass is 219 g/mol. The van der Waals surface area contributed by atoms with Gasteiger partial charge in [0, 0.05) is 11.7 Å². The fourth-order valence-electron chi connectivity index (χ4n) is 1.97. The van der Waals surface area contributed by atoms with E-state index in [0.29, 0.717) is 11.6 Å². The van der Waals surface area contributed by atoms with Gasteiger partial charge in [0.15, 0.2) is 0 Å². The molecule has 0 radical (unpaired) electrons. The molecule has 0 aliphatic heterocycles. The summed E-state index contributed by atoms with van der Waals surface area (Å²) in [5.41, 5.74) is 2.20. The van der Waals surface area contributed by atoms with Crippen LogP contribution >= 0.6 is 0 Å². The minimum absolute atomic E-state index is 0.379. The lowest BCUT2D eigenvalue weighted by molar-refractivity contribution is 0.0696. The summed E-state index contributed by atoms with van der Waals surface area (Å²) in [4.78, 5) is 10.9. The van der Waals surface area contributed by atoms with Gasteiger partial charge in [-0.05, 0) is 56.4 Å². The number of anilines is 1.